The van der Waals surface area contributed by atoms with Crippen LogP contribution in [0.3, 0.4) is 0 Å². The Morgan fingerprint density at radius 1 is 1.12 bits per heavy atom. The number of fused-ring (bicyclic) bond motifs is 1. The second kappa shape index (κ2) is 10.3. The van der Waals surface area contributed by atoms with E-state index in [1.807, 2.05) is 41.3 Å². The van der Waals surface area contributed by atoms with Gasteiger partial charge in [0.25, 0.3) is 5.91 Å². The third-order valence-corrected chi connectivity index (χ3v) is 6.72. The predicted octanol–water partition coefficient (Wildman–Crippen LogP) is 5.08. The van der Waals surface area contributed by atoms with E-state index in [9.17, 15) is 4.79 Å². The van der Waals surface area contributed by atoms with Crippen LogP contribution in [0.2, 0.25) is 0 Å². The van der Waals surface area contributed by atoms with E-state index in [-0.39, 0.29) is 11.9 Å². The van der Waals surface area contributed by atoms with Gasteiger partial charge < -0.3 is 15.0 Å². The predicted molar refractivity (Wildman–Crippen MR) is 132 cm³/mol. The molecule has 1 aliphatic carbocycles. The van der Waals surface area contributed by atoms with Crippen LogP contribution in [0, 0.1) is 0 Å². The number of nitrogens with one attached hydrogen (secondary N) is 1. The maximum atomic E-state index is 13.4. The molecule has 0 radical (unpaired) electrons. The molecule has 3 heterocycles. The van der Waals surface area contributed by atoms with Gasteiger partial charge in [0.2, 0.25) is 0 Å². The summed E-state index contributed by atoms with van der Waals surface area (Å²) >= 11 is 0. The van der Waals surface area contributed by atoms with Crippen molar-refractivity contribution >= 4 is 11.6 Å². The zero-order chi connectivity index (χ0) is 23.3. The molecule has 1 aromatic carbocycles. The highest BCUT2D eigenvalue weighted by Gasteiger charge is 2.31. The zero-order valence-corrected chi connectivity index (χ0v) is 19.9. The molecule has 1 saturated heterocycles. The average molecular weight is 460 g/mol. The molecule has 2 aromatic heterocycles. The number of ether oxygens (including phenoxy) is 1. The van der Waals surface area contributed by atoms with Crippen molar-refractivity contribution < 1.29 is 9.53 Å². The number of anilines is 1. The SMILES string of the molecule is CCCn1nc(C(=O)N2CCCCC2)c2c1CCC(Nc1ccc(Oc3cccnc3)cc1)C2. The van der Waals surface area contributed by atoms with Crippen LogP contribution in [-0.2, 0) is 19.4 Å². The molecule has 1 aliphatic heterocycles. The Morgan fingerprint density at radius 2 is 1.94 bits per heavy atom. The quantitative estimate of drug-likeness (QED) is 0.534. The summed E-state index contributed by atoms with van der Waals surface area (Å²) in [5, 5.41) is 8.50. The van der Waals surface area contributed by atoms with Crippen LogP contribution in [0.4, 0.5) is 5.69 Å². The van der Waals surface area contributed by atoms with E-state index in [1.54, 1.807) is 12.4 Å². The van der Waals surface area contributed by atoms with Crippen LogP contribution in [0.1, 0.15) is 60.8 Å². The Labute approximate surface area is 201 Å². The molecular formula is C27H33N5O2. The molecule has 0 saturated carbocycles. The summed E-state index contributed by atoms with van der Waals surface area (Å²) < 4.78 is 7.94. The topological polar surface area (TPSA) is 72.3 Å². The largest absolute Gasteiger partial charge is 0.456 e. The highest BCUT2D eigenvalue weighted by Crippen LogP contribution is 2.29. The first-order valence-electron chi connectivity index (χ1n) is 12.5. The van der Waals surface area contributed by atoms with E-state index in [4.69, 9.17) is 9.84 Å². The molecule has 0 bridgehead atoms. The molecule has 1 N–H and O–H groups in total. The van der Waals surface area contributed by atoms with Gasteiger partial charge in [0.1, 0.15) is 11.5 Å². The number of benzene rings is 1. The Bertz CT molecular complexity index is 1100. The van der Waals surface area contributed by atoms with E-state index >= 15 is 0 Å². The minimum absolute atomic E-state index is 0.114. The number of aromatic nitrogens is 3. The first kappa shape index (κ1) is 22.4. The second-order valence-electron chi connectivity index (χ2n) is 9.25. The fraction of sp³-hybridized carbons (Fsp3) is 0.444. The van der Waals surface area contributed by atoms with E-state index in [2.05, 4.69) is 21.9 Å². The van der Waals surface area contributed by atoms with Crippen molar-refractivity contribution in [3.8, 4) is 11.5 Å². The number of carbonyl (C=O) groups is 1. The molecule has 178 valence electrons. The lowest BCUT2D eigenvalue weighted by molar-refractivity contribution is 0.0716. The van der Waals surface area contributed by atoms with Gasteiger partial charge in [0.05, 0.1) is 6.20 Å². The van der Waals surface area contributed by atoms with Crippen LogP contribution in [-0.4, -0.2) is 44.7 Å². The van der Waals surface area contributed by atoms with Crippen molar-refractivity contribution in [3.63, 3.8) is 0 Å². The van der Waals surface area contributed by atoms with Gasteiger partial charge in [-0.2, -0.15) is 5.10 Å². The Kier molecular flexibility index (Phi) is 6.79. The Morgan fingerprint density at radius 3 is 2.68 bits per heavy atom. The summed E-state index contributed by atoms with van der Waals surface area (Å²) in [7, 11) is 0. The lowest BCUT2D eigenvalue weighted by Gasteiger charge is -2.28. The number of likely N-dealkylation sites (tertiary alicyclic amines) is 1. The number of pyridine rings is 1. The van der Waals surface area contributed by atoms with Crippen LogP contribution >= 0.6 is 0 Å². The monoisotopic (exact) mass is 459 g/mol. The van der Waals surface area contributed by atoms with Crippen molar-refractivity contribution in [2.75, 3.05) is 18.4 Å². The molecule has 1 amide bonds. The van der Waals surface area contributed by atoms with Crippen LogP contribution in [0.15, 0.2) is 48.8 Å². The molecule has 7 nitrogen and oxygen atoms in total. The van der Waals surface area contributed by atoms with Gasteiger partial charge in [-0.1, -0.05) is 6.92 Å². The maximum absolute atomic E-state index is 13.4. The summed E-state index contributed by atoms with van der Waals surface area (Å²) in [6.45, 7) is 4.73. The van der Waals surface area contributed by atoms with E-state index in [0.29, 0.717) is 5.69 Å². The standard InChI is InChI=1S/C27H33N5O2/c1-2-15-32-25-13-10-21(18-24(25)26(30-32)27(33)31-16-4-3-5-17-31)29-20-8-11-22(12-9-20)34-23-7-6-14-28-19-23/h6-9,11-12,14,19,21,29H,2-5,10,13,15-18H2,1H3. The number of amides is 1. The highest BCUT2D eigenvalue weighted by molar-refractivity contribution is 5.94. The summed E-state index contributed by atoms with van der Waals surface area (Å²) in [6.07, 6.45) is 10.6. The smallest absolute Gasteiger partial charge is 0.274 e. The Hall–Kier alpha value is -3.35. The summed E-state index contributed by atoms with van der Waals surface area (Å²) in [5.74, 6) is 1.61. The fourth-order valence-corrected chi connectivity index (χ4v) is 5.02. The Balaban J connectivity index is 1.29. The minimum Gasteiger partial charge on any atom is -0.456 e. The highest BCUT2D eigenvalue weighted by atomic mass is 16.5. The van der Waals surface area contributed by atoms with Crippen molar-refractivity contribution in [1.29, 1.82) is 0 Å². The molecule has 1 unspecified atom stereocenters. The van der Waals surface area contributed by atoms with Gasteiger partial charge in [0.15, 0.2) is 5.69 Å². The molecule has 5 rings (SSSR count). The van der Waals surface area contributed by atoms with Crippen LogP contribution in [0.5, 0.6) is 11.5 Å². The van der Waals surface area contributed by atoms with Crippen molar-refractivity contribution in [1.82, 2.24) is 19.7 Å². The first-order chi connectivity index (χ1) is 16.7. The van der Waals surface area contributed by atoms with Crippen molar-refractivity contribution in [2.45, 2.75) is 64.5 Å². The van der Waals surface area contributed by atoms with Gasteiger partial charge in [-0.25, -0.2) is 0 Å². The van der Waals surface area contributed by atoms with E-state index in [1.165, 1.54) is 12.1 Å². The number of nitrogens with zero attached hydrogens (tertiary/aromatic N) is 4. The molecule has 2 aliphatic rings. The molecule has 1 atom stereocenters. The summed E-state index contributed by atoms with van der Waals surface area (Å²) in [4.78, 5) is 19.4. The third-order valence-electron chi connectivity index (χ3n) is 6.72. The van der Waals surface area contributed by atoms with E-state index < -0.39 is 0 Å². The summed E-state index contributed by atoms with van der Waals surface area (Å²) in [6, 6.07) is 12.0. The van der Waals surface area contributed by atoms with E-state index in [0.717, 1.165) is 80.9 Å². The molecule has 1 fully saturated rings. The molecule has 7 heteroatoms. The van der Waals surface area contributed by atoms with Crippen molar-refractivity contribution in [3.05, 3.63) is 65.7 Å². The fourth-order valence-electron chi connectivity index (χ4n) is 5.02. The molecule has 3 aromatic rings. The number of carbonyl (C=O) groups excluding carboxylic acids is 1. The number of hydrogen-bond acceptors (Lipinski definition) is 5. The number of aryl methyl sites for hydroxylation is 1. The molecule has 34 heavy (non-hydrogen) atoms. The average Bonchev–Trinajstić information content (AvgIpc) is 3.24. The first-order valence-corrected chi connectivity index (χ1v) is 12.5. The van der Waals surface area contributed by atoms with Gasteiger partial charge in [-0.3, -0.25) is 14.5 Å². The van der Waals surface area contributed by atoms with Gasteiger partial charge in [0, 0.05) is 48.8 Å². The lowest BCUT2D eigenvalue weighted by atomic mass is 9.90. The normalized spacial score (nSPS) is 17.8. The lowest BCUT2D eigenvalue weighted by Crippen LogP contribution is -2.37. The van der Waals surface area contributed by atoms with Crippen molar-refractivity contribution in [2.24, 2.45) is 0 Å². The zero-order valence-electron chi connectivity index (χ0n) is 19.9. The summed E-state index contributed by atoms with van der Waals surface area (Å²) in [5.41, 5.74) is 4.12. The number of rotatable bonds is 7. The maximum Gasteiger partial charge on any atom is 0.274 e. The van der Waals surface area contributed by atoms with Crippen LogP contribution in [0.25, 0.3) is 0 Å². The minimum atomic E-state index is 0.114. The molecule has 0 spiro atoms. The van der Waals surface area contributed by atoms with Crippen LogP contribution < -0.4 is 10.1 Å². The number of piperidine rings is 1. The molecular weight excluding hydrogens is 426 g/mol. The number of hydrogen-bond donors (Lipinski definition) is 1. The van der Waals surface area contributed by atoms with Gasteiger partial charge >= 0.3 is 0 Å². The van der Waals surface area contributed by atoms with Gasteiger partial charge in [-0.15, -0.1) is 0 Å². The second-order valence-corrected chi connectivity index (χ2v) is 9.25. The third kappa shape index (κ3) is 4.93. The van der Waals surface area contributed by atoms with Gasteiger partial charge in [-0.05, 0) is 81.3 Å².